The van der Waals surface area contributed by atoms with Gasteiger partial charge in [-0.3, -0.25) is 4.79 Å². The first-order valence-corrected chi connectivity index (χ1v) is 9.19. The lowest BCUT2D eigenvalue weighted by atomic mass is 10.3. The van der Waals surface area contributed by atoms with E-state index in [2.05, 4.69) is 25.0 Å². The van der Waals surface area contributed by atoms with Gasteiger partial charge < -0.3 is 19.3 Å². The van der Waals surface area contributed by atoms with Crippen LogP contribution in [0.1, 0.15) is 0 Å². The number of hydrogen-bond donors (Lipinski definition) is 0. The van der Waals surface area contributed by atoms with Gasteiger partial charge in [-0.25, -0.2) is 19.6 Å². The lowest BCUT2D eigenvalue weighted by molar-refractivity contribution is -0.133. The van der Waals surface area contributed by atoms with E-state index < -0.39 is 0 Å². The molecule has 0 radical (unpaired) electrons. The molecule has 1 aliphatic heterocycles. The molecule has 1 fully saturated rings. The molecule has 0 spiro atoms. The van der Waals surface area contributed by atoms with Crippen molar-refractivity contribution in [3.8, 4) is 17.3 Å². The Bertz CT molecular complexity index is 939. The van der Waals surface area contributed by atoms with Crippen molar-refractivity contribution in [3.63, 3.8) is 0 Å². The van der Waals surface area contributed by atoms with Gasteiger partial charge in [0.05, 0.1) is 7.11 Å². The molecule has 150 valence electrons. The van der Waals surface area contributed by atoms with E-state index in [-0.39, 0.29) is 12.5 Å². The number of benzene rings is 1. The highest BCUT2D eigenvalue weighted by atomic mass is 16.5. The number of rotatable bonds is 6. The van der Waals surface area contributed by atoms with Crippen molar-refractivity contribution < 1.29 is 14.3 Å². The first-order chi connectivity index (χ1) is 14.2. The Kier molecular flexibility index (Phi) is 5.50. The molecule has 0 bridgehead atoms. The average molecular weight is 395 g/mol. The molecule has 4 rings (SSSR count). The fourth-order valence-corrected chi connectivity index (χ4v) is 3.06. The highest BCUT2D eigenvalue weighted by Crippen LogP contribution is 2.18. The maximum absolute atomic E-state index is 12.5. The summed E-state index contributed by atoms with van der Waals surface area (Å²) >= 11 is 0. The first-order valence-electron chi connectivity index (χ1n) is 9.19. The number of piperazine rings is 1. The van der Waals surface area contributed by atoms with Gasteiger partial charge in [-0.1, -0.05) is 0 Å². The van der Waals surface area contributed by atoms with Gasteiger partial charge in [0.15, 0.2) is 12.4 Å². The summed E-state index contributed by atoms with van der Waals surface area (Å²) in [5, 5.41) is 4.09. The summed E-state index contributed by atoms with van der Waals surface area (Å²) in [4.78, 5) is 28.9. The van der Waals surface area contributed by atoms with E-state index in [4.69, 9.17) is 9.47 Å². The quantitative estimate of drug-likeness (QED) is 0.604. The average Bonchev–Trinajstić information content (AvgIpc) is 3.33. The molecule has 1 aliphatic rings. The third kappa shape index (κ3) is 4.42. The highest BCUT2D eigenvalue weighted by molar-refractivity contribution is 5.78. The maximum atomic E-state index is 12.5. The third-order valence-corrected chi connectivity index (χ3v) is 4.67. The minimum atomic E-state index is -0.0357. The monoisotopic (exact) mass is 395 g/mol. The summed E-state index contributed by atoms with van der Waals surface area (Å²) in [6, 6.07) is 9.03. The second-order valence-corrected chi connectivity index (χ2v) is 6.41. The molecular weight excluding hydrogens is 374 g/mol. The second-order valence-electron chi connectivity index (χ2n) is 6.41. The van der Waals surface area contributed by atoms with E-state index in [1.54, 1.807) is 47.3 Å². The Morgan fingerprint density at radius 1 is 1.00 bits per heavy atom. The van der Waals surface area contributed by atoms with Crippen LogP contribution in [0, 0.1) is 0 Å². The Labute approximate surface area is 167 Å². The van der Waals surface area contributed by atoms with E-state index in [0.29, 0.717) is 37.7 Å². The summed E-state index contributed by atoms with van der Waals surface area (Å²) in [7, 11) is 1.61. The van der Waals surface area contributed by atoms with Crippen molar-refractivity contribution in [1.29, 1.82) is 0 Å². The molecule has 0 atom stereocenters. The molecule has 1 saturated heterocycles. The minimum Gasteiger partial charge on any atom is -0.497 e. The van der Waals surface area contributed by atoms with Crippen molar-refractivity contribution in [2.24, 2.45) is 0 Å². The van der Waals surface area contributed by atoms with E-state index in [1.165, 1.54) is 12.7 Å². The van der Waals surface area contributed by atoms with Gasteiger partial charge in [0.1, 0.15) is 36.3 Å². The summed E-state index contributed by atoms with van der Waals surface area (Å²) in [5.41, 5.74) is 0. The summed E-state index contributed by atoms with van der Waals surface area (Å²) < 4.78 is 12.3. The Morgan fingerprint density at radius 3 is 2.41 bits per heavy atom. The lowest BCUT2D eigenvalue weighted by Crippen LogP contribution is -2.50. The zero-order valence-corrected chi connectivity index (χ0v) is 16.0. The van der Waals surface area contributed by atoms with Gasteiger partial charge in [0.25, 0.3) is 5.91 Å². The zero-order valence-electron chi connectivity index (χ0n) is 16.0. The Balaban J connectivity index is 1.30. The Morgan fingerprint density at radius 2 is 1.72 bits per heavy atom. The van der Waals surface area contributed by atoms with Crippen LogP contribution in [0.15, 0.2) is 49.3 Å². The molecule has 0 aliphatic carbocycles. The molecule has 0 unspecified atom stereocenters. The minimum absolute atomic E-state index is 0.0102. The van der Waals surface area contributed by atoms with E-state index in [1.807, 2.05) is 6.07 Å². The molecule has 10 nitrogen and oxygen atoms in total. The van der Waals surface area contributed by atoms with Crippen LogP contribution in [0.2, 0.25) is 0 Å². The smallest absolute Gasteiger partial charge is 0.260 e. The number of methoxy groups -OCH3 is 1. The van der Waals surface area contributed by atoms with Crippen LogP contribution in [0.4, 0.5) is 5.82 Å². The highest BCUT2D eigenvalue weighted by Gasteiger charge is 2.22. The van der Waals surface area contributed by atoms with Gasteiger partial charge in [-0.2, -0.15) is 5.10 Å². The molecule has 29 heavy (non-hydrogen) atoms. The number of ether oxygens (including phenoxy) is 2. The van der Waals surface area contributed by atoms with Gasteiger partial charge in [-0.15, -0.1) is 0 Å². The predicted octanol–water partition coefficient (Wildman–Crippen LogP) is 0.793. The molecule has 2 aromatic heterocycles. The number of anilines is 1. The topological polar surface area (TPSA) is 98.5 Å². The van der Waals surface area contributed by atoms with Crippen LogP contribution in [0.25, 0.3) is 5.82 Å². The summed E-state index contributed by atoms with van der Waals surface area (Å²) in [6.07, 6.45) is 4.55. The SMILES string of the molecule is COc1ccc(OCC(=O)N2CCN(c3cc(-n4cncn4)ncn3)CC2)cc1. The molecule has 3 aromatic rings. The van der Waals surface area contributed by atoms with Crippen molar-refractivity contribution in [3.05, 3.63) is 49.3 Å². The number of carbonyl (C=O) groups excluding carboxylic acids is 1. The number of hydrogen-bond acceptors (Lipinski definition) is 8. The normalized spacial score (nSPS) is 14.0. The Hall–Kier alpha value is -3.69. The molecule has 0 N–H and O–H groups in total. The van der Waals surface area contributed by atoms with Crippen LogP contribution < -0.4 is 14.4 Å². The molecule has 10 heteroatoms. The standard InChI is InChI=1S/C19H21N7O3/c1-28-15-2-4-16(5-3-15)29-11-19(27)25-8-6-24(7-9-25)17-10-18(22-13-21-17)26-14-20-12-23-26/h2-5,10,12-14H,6-9,11H2,1H3. The van der Waals surface area contributed by atoms with Gasteiger partial charge in [-0.05, 0) is 24.3 Å². The zero-order chi connectivity index (χ0) is 20.1. The molecule has 0 saturated carbocycles. The molecule has 1 amide bonds. The van der Waals surface area contributed by atoms with E-state index in [0.717, 1.165) is 11.6 Å². The van der Waals surface area contributed by atoms with Crippen LogP contribution in [-0.2, 0) is 4.79 Å². The molecule has 3 heterocycles. The van der Waals surface area contributed by atoms with Crippen molar-refractivity contribution in [2.75, 3.05) is 44.8 Å². The first kappa shape index (κ1) is 18.7. The lowest BCUT2D eigenvalue weighted by Gasteiger charge is -2.35. The summed E-state index contributed by atoms with van der Waals surface area (Å²) in [5.74, 6) is 2.80. The third-order valence-electron chi connectivity index (χ3n) is 4.67. The molecular formula is C19H21N7O3. The number of nitrogens with zero attached hydrogens (tertiary/aromatic N) is 7. The predicted molar refractivity (Wildman–Crippen MR) is 104 cm³/mol. The number of amides is 1. The second kappa shape index (κ2) is 8.55. The number of aromatic nitrogens is 5. The van der Waals surface area contributed by atoms with Crippen LogP contribution >= 0.6 is 0 Å². The fraction of sp³-hybridized carbons (Fsp3) is 0.316. The van der Waals surface area contributed by atoms with Crippen LogP contribution in [-0.4, -0.2) is 75.4 Å². The van der Waals surface area contributed by atoms with E-state index >= 15 is 0 Å². The van der Waals surface area contributed by atoms with Crippen molar-refractivity contribution in [1.82, 2.24) is 29.6 Å². The number of carbonyl (C=O) groups is 1. The van der Waals surface area contributed by atoms with Crippen molar-refractivity contribution in [2.45, 2.75) is 0 Å². The van der Waals surface area contributed by atoms with Gasteiger partial charge in [0, 0.05) is 32.2 Å². The fourth-order valence-electron chi connectivity index (χ4n) is 3.06. The molecule has 1 aromatic carbocycles. The summed E-state index contributed by atoms with van der Waals surface area (Å²) in [6.45, 7) is 2.58. The van der Waals surface area contributed by atoms with Gasteiger partial charge in [0.2, 0.25) is 0 Å². The van der Waals surface area contributed by atoms with Crippen LogP contribution in [0.3, 0.4) is 0 Å². The van der Waals surface area contributed by atoms with E-state index in [9.17, 15) is 4.79 Å². The van der Waals surface area contributed by atoms with Crippen molar-refractivity contribution >= 4 is 11.7 Å². The van der Waals surface area contributed by atoms with Gasteiger partial charge >= 0.3 is 0 Å². The largest absolute Gasteiger partial charge is 0.497 e. The maximum Gasteiger partial charge on any atom is 0.260 e. The van der Waals surface area contributed by atoms with Crippen LogP contribution in [0.5, 0.6) is 11.5 Å².